The van der Waals surface area contributed by atoms with Gasteiger partial charge in [-0.3, -0.25) is 0 Å². The Balaban J connectivity index is 2.68. The number of hydrogen-bond donors (Lipinski definition) is 0. The molecule has 0 fully saturated rings. The molecule has 2 aromatic rings. The number of rotatable bonds is 1. The van der Waals surface area contributed by atoms with E-state index in [0.29, 0.717) is 11.0 Å². The van der Waals surface area contributed by atoms with Crippen molar-refractivity contribution in [3.63, 3.8) is 0 Å². The summed E-state index contributed by atoms with van der Waals surface area (Å²) in [5, 5.41) is 0.715. The predicted octanol–water partition coefficient (Wildman–Crippen LogP) is 2.88. The van der Waals surface area contributed by atoms with Crippen molar-refractivity contribution in [1.82, 2.24) is 0 Å². The van der Waals surface area contributed by atoms with Gasteiger partial charge in [0, 0.05) is 5.39 Å². The maximum absolute atomic E-state index is 11.6. The normalized spacial score (nSPS) is 11.6. The molecule has 0 N–H and O–H groups in total. The first-order chi connectivity index (χ1) is 8.82. The molecule has 0 amide bonds. The standard InChI is InChI=1S/C15H16O4/c1-15(2,3)10-5-6-12-9(7-10)8-11(13(16)18-4)14(17)19-12/h5-8H,1-4H3. The fourth-order valence-electron chi connectivity index (χ4n) is 1.84. The van der Waals surface area contributed by atoms with Crippen LogP contribution in [-0.2, 0) is 10.2 Å². The average molecular weight is 260 g/mol. The van der Waals surface area contributed by atoms with Crippen molar-refractivity contribution in [2.24, 2.45) is 0 Å². The first kappa shape index (κ1) is 13.3. The molecule has 0 saturated heterocycles. The third-order valence-corrected chi connectivity index (χ3v) is 3.00. The van der Waals surface area contributed by atoms with E-state index in [4.69, 9.17) is 4.42 Å². The van der Waals surface area contributed by atoms with Crippen LogP contribution in [0.15, 0.2) is 33.5 Å². The molecule has 0 saturated carbocycles. The van der Waals surface area contributed by atoms with Gasteiger partial charge in [-0.25, -0.2) is 9.59 Å². The molecule has 4 nitrogen and oxygen atoms in total. The van der Waals surface area contributed by atoms with Crippen molar-refractivity contribution in [1.29, 1.82) is 0 Å². The Labute approximate surface area is 111 Å². The molecule has 2 rings (SSSR count). The van der Waals surface area contributed by atoms with Crippen molar-refractivity contribution >= 4 is 16.9 Å². The second kappa shape index (κ2) is 4.53. The van der Waals surface area contributed by atoms with Gasteiger partial charge in [0.1, 0.15) is 11.1 Å². The summed E-state index contributed by atoms with van der Waals surface area (Å²) in [6.07, 6.45) is 0. The molecule has 0 spiro atoms. The second-order valence-corrected chi connectivity index (χ2v) is 5.44. The van der Waals surface area contributed by atoms with Crippen molar-refractivity contribution in [2.45, 2.75) is 26.2 Å². The van der Waals surface area contributed by atoms with E-state index in [0.717, 1.165) is 5.56 Å². The van der Waals surface area contributed by atoms with Crippen molar-refractivity contribution in [3.8, 4) is 0 Å². The van der Waals surface area contributed by atoms with Crippen LogP contribution in [0, 0.1) is 0 Å². The van der Waals surface area contributed by atoms with E-state index in [2.05, 4.69) is 25.5 Å². The van der Waals surface area contributed by atoms with E-state index in [1.807, 2.05) is 12.1 Å². The first-order valence-corrected chi connectivity index (χ1v) is 5.99. The molecule has 0 atom stereocenters. The highest BCUT2D eigenvalue weighted by Gasteiger charge is 2.17. The van der Waals surface area contributed by atoms with Crippen LogP contribution in [0.5, 0.6) is 0 Å². The largest absolute Gasteiger partial charge is 0.465 e. The summed E-state index contributed by atoms with van der Waals surface area (Å²) in [6, 6.07) is 7.11. The quantitative estimate of drug-likeness (QED) is 0.584. The molecule has 0 aliphatic carbocycles. The molecule has 1 aromatic carbocycles. The Hall–Kier alpha value is -2.10. The van der Waals surface area contributed by atoms with Gasteiger partial charge in [0.2, 0.25) is 0 Å². The molecule has 0 aliphatic heterocycles. The minimum absolute atomic E-state index is 0.0181. The number of ether oxygens (including phenoxy) is 1. The minimum Gasteiger partial charge on any atom is -0.465 e. The Morgan fingerprint density at radius 1 is 1.21 bits per heavy atom. The molecule has 0 aliphatic rings. The summed E-state index contributed by atoms with van der Waals surface area (Å²) in [7, 11) is 1.23. The van der Waals surface area contributed by atoms with Crippen LogP contribution in [0.1, 0.15) is 36.7 Å². The third kappa shape index (κ3) is 2.52. The Morgan fingerprint density at radius 2 is 1.89 bits per heavy atom. The number of fused-ring (bicyclic) bond motifs is 1. The maximum atomic E-state index is 11.6. The van der Waals surface area contributed by atoms with E-state index in [9.17, 15) is 9.59 Å². The summed E-state index contributed by atoms with van der Waals surface area (Å²) in [4.78, 5) is 23.1. The summed E-state index contributed by atoms with van der Waals surface area (Å²) in [6.45, 7) is 6.28. The zero-order valence-corrected chi connectivity index (χ0v) is 11.4. The lowest BCUT2D eigenvalue weighted by molar-refractivity contribution is 0.0596. The number of carbonyl (C=O) groups excluding carboxylic acids is 1. The van der Waals surface area contributed by atoms with Gasteiger partial charge in [-0.15, -0.1) is 0 Å². The zero-order chi connectivity index (χ0) is 14.2. The molecular formula is C15H16O4. The van der Waals surface area contributed by atoms with Gasteiger partial charge in [0.25, 0.3) is 0 Å². The van der Waals surface area contributed by atoms with Crippen molar-refractivity contribution < 1.29 is 13.9 Å². The molecule has 0 unspecified atom stereocenters. The van der Waals surface area contributed by atoms with E-state index in [1.165, 1.54) is 13.2 Å². The van der Waals surface area contributed by atoms with Crippen LogP contribution < -0.4 is 5.63 Å². The maximum Gasteiger partial charge on any atom is 0.351 e. The highest BCUT2D eigenvalue weighted by Crippen LogP contribution is 2.25. The van der Waals surface area contributed by atoms with Gasteiger partial charge in [-0.2, -0.15) is 0 Å². The molecule has 100 valence electrons. The van der Waals surface area contributed by atoms with Crippen molar-refractivity contribution in [2.75, 3.05) is 7.11 Å². The Morgan fingerprint density at radius 3 is 2.47 bits per heavy atom. The highest BCUT2D eigenvalue weighted by atomic mass is 16.5. The van der Waals surface area contributed by atoms with Crippen LogP contribution in [0.25, 0.3) is 11.0 Å². The monoisotopic (exact) mass is 260 g/mol. The molecule has 1 aromatic heterocycles. The molecule has 0 bridgehead atoms. The Bertz CT molecular complexity index is 689. The van der Waals surface area contributed by atoms with Crippen LogP contribution in [0.3, 0.4) is 0 Å². The number of methoxy groups -OCH3 is 1. The van der Waals surface area contributed by atoms with Gasteiger partial charge < -0.3 is 9.15 Å². The van der Waals surface area contributed by atoms with E-state index < -0.39 is 11.6 Å². The summed E-state index contributed by atoms with van der Waals surface area (Å²) in [5.74, 6) is -0.684. The SMILES string of the molecule is COC(=O)c1cc2cc(C(C)(C)C)ccc2oc1=O. The highest BCUT2D eigenvalue weighted by molar-refractivity contribution is 5.92. The second-order valence-electron chi connectivity index (χ2n) is 5.44. The molecular weight excluding hydrogens is 244 g/mol. The molecule has 4 heteroatoms. The van der Waals surface area contributed by atoms with Gasteiger partial charge in [0.05, 0.1) is 7.11 Å². The Kier molecular flexibility index (Phi) is 3.18. The zero-order valence-electron chi connectivity index (χ0n) is 11.4. The predicted molar refractivity (Wildman–Crippen MR) is 72.5 cm³/mol. The van der Waals surface area contributed by atoms with Gasteiger partial charge >= 0.3 is 11.6 Å². The number of carbonyl (C=O) groups is 1. The number of esters is 1. The number of benzene rings is 1. The molecule has 1 heterocycles. The van der Waals surface area contributed by atoms with Gasteiger partial charge in [-0.1, -0.05) is 26.8 Å². The van der Waals surface area contributed by atoms with Crippen LogP contribution in [0.4, 0.5) is 0 Å². The fraction of sp³-hybridized carbons (Fsp3) is 0.333. The van der Waals surface area contributed by atoms with E-state index in [1.54, 1.807) is 6.07 Å². The van der Waals surface area contributed by atoms with Gasteiger partial charge in [-0.05, 0) is 29.2 Å². The smallest absolute Gasteiger partial charge is 0.351 e. The summed E-state index contributed by atoms with van der Waals surface area (Å²) >= 11 is 0. The molecule has 0 radical (unpaired) electrons. The van der Waals surface area contributed by atoms with Gasteiger partial charge in [0.15, 0.2) is 0 Å². The topological polar surface area (TPSA) is 56.5 Å². The van der Waals surface area contributed by atoms with E-state index >= 15 is 0 Å². The number of hydrogen-bond acceptors (Lipinski definition) is 4. The van der Waals surface area contributed by atoms with Crippen LogP contribution in [0.2, 0.25) is 0 Å². The minimum atomic E-state index is -0.684. The van der Waals surface area contributed by atoms with E-state index in [-0.39, 0.29) is 11.0 Å². The first-order valence-electron chi connectivity index (χ1n) is 5.99. The average Bonchev–Trinajstić information content (AvgIpc) is 2.35. The fourth-order valence-corrected chi connectivity index (χ4v) is 1.84. The molecule has 19 heavy (non-hydrogen) atoms. The summed E-state index contributed by atoms with van der Waals surface area (Å²) < 4.78 is 9.69. The summed E-state index contributed by atoms with van der Waals surface area (Å²) in [5.41, 5.74) is 0.787. The van der Waals surface area contributed by atoms with Crippen molar-refractivity contribution in [3.05, 3.63) is 45.8 Å². The lowest BCUT2D eigenvalue weighted by Gasteiger charge is -2.19. The lowest BCUT2D eigenvalue weighted by atomic mass is 9.86. The lowest BCUT2D eigenvalue weighted by Crippen LogP contribution is -2.15. The third-order valence-electron chi connectivity index (χ3n) is 3.00. The van der Waals surface area contributed by atoms with Crippen LogP contribution in [-0.4, -0.2) is 13.1 Å². The van der Waals surface area contributed by atoms with Crippen LogP contribution >= 0.6 is 0 Å².